The minimum Gasteiger partial charge on any atom is -0.455 e. The molecule has 0 atom stereocenters. The van der Waals surface area contributed by atoms with Gasteiger partial charge in [-0.3, -0.25) is 9.59 Å². The van der Waals surface area contributed by atoms with Gasteiger partial charge >= 0.3 is 5.97 Å². The predicted molar refractivity (Wildman–Crippen MR) is 104 cm³/mol. The molecule has 1 saturated heterocycles. The summed E-state index contributed by atoms with van der Waals surface area (Å²) in [4.78, 5) is 25.5. The molecule has 1 saturated carbocycles. The summed E-state index contributed by atoms with van der Waals surface area (Å²) in [6, 6.07) is 6.98. The van der Waals surface area contributed by atoms with Crippen molar-refractivity contribution in [3.63, 3.8) is 0 Å². The third-order valence-corrected chi connectivity index (χ3v) is 7.11. The molecule has 8 heteroatoms. The molecule has 1 amide bonds. The monoisotopic (exact) mass is 408 g/mol. The summed E-state index contributed by atoms with van der Waals surface area (Å²) in [5, 5.41) is 0. The number of amides is 1. The van der Waals surface area contributed by atoms with Gasteiger partial charge in [0.2, 0.25) is 10.0 Å². The third-order valence-electron chi connectivity index (χ3n) is 5.20. The van der Waals surface area contributed by atoms with E-state index in [0.29, 0.717) is 13.1 Å². The molecule has 2 fully saturated rings. The standard InChI is InChI=1S/C20H28N2O5S/c1-20(2,3)16-6-8-17(9-7-16)28(25,26)22-12-10-21(11-13-22)18(23)14-27-19(24)15-4-5-15/h6-9,15H,4-5,10-14H2,1-3H3. The quantitative estimate of drug-likeness (QED) is 0.694. The number of carbonyl (C=O) groups excluding carboxylic acids is 2. The number of rotatable bonds is 5. The number of nitrogens with zero attached hydrogens (tertiary/aromatic N) is 2. The van der Waals surface area contributed by atoms with Crippen LogP contribution in [0.3, 0.4) is 0 Å². The fraction of sp³-hybridized carbons (Fsp3) is 0.600. The molecule has 1 aromatic rings. The van der Waals surface area contributed by atoms with Crippen molar-refractivity contribution in [1.82, 2.24) is 9.21 Å². The van der Waals surface area contributed by atoms with Crippen LogP contribution < -0.4 is 0 Å². The Balaban J connectivity index is 1.55. The van der Waals surface area contributed by atoms with E-state index in [1.165, 1.54) is 4.31 Å². The van der Waals surface area contributed by atoms with E-state index < -0.39 is 10.0 Å². The molecule has 7 nitrogen and oxygen atoms in total. The van der Waals surface area contributed by atoms with Gasteiger partial charge in [-0.2, -0.15) is 4.31 Å². The average molecular weight is 409 g/mol. The Labute approximate surface area is 166 Å². The van der Waals surface area contributed by atoms with Crippen LogP contribution >= 0.6 is 0 Å². The number of carbonyl (C=O) groups is 2. The largest absolute Gasteiger partial charge is 0.455 e. The van der Waals surface area contributed by atoms with E-state index in [4.69, 9.17) is 4.74 Å². The highest BCUT2D eigenvalue weighted by molar-refractivity contribution is 7.89. The summed E-state index contributed by atoms with van der Waals surface area (Å²) in [6.07, 6.45) is 1.67. The van der Waals surface area contributed by atoms with Gasteiger partial charge in [-0.25, -0.2) is 8.42 Å². The number of sulfonamides is 1. The fourth-order valence-corrected chi connectivity index (χ4v) is 4.54. The van der Waals surface area contributed by atoms with Gasteiger partial charge in [0.1, 0.15) is 0 Å². The minimum atomic E-state index is -3.59. The van der Waals surface area contributed by atoms with Crippen molar-refractivity contribution in [2.24, 2.45) is 5.92 Å². The number of ether oxygens (including phenoxy) is 1. The first-order valence-corrected chi connectivity index (χ1v) is 11.1. The van der Waals surface area contributed by atoms with Crippen LogP contribution in [0.5, 0.6) is 0 Å². The van der Waals surface area contributed by atoms with E-state index in [9.17, 15) is 18.0 Å². The summed E-state index contributed by atoms with van der Waals surface area (Å²) >= 11 is 0. The van der Waals surface area contributed by atoms with E-state index in [1.54, 1.807) is 17.0 Å². The maximum atomic E-state index is 12.9. The van der Waals surface area contributed by atoms with Crippen LogP contribution in [0.1, 0.15) is 39.2 Å². The Hall–Kier alpha value is -1.93. The molecule has 0 aromatic heterocycles. The Bertz CT molecular complexity index is 830. The van der Waals surface area contributed by atoms with Crippen molar-refractivity contribution in [1.29, 1.82) is 0 Å². The summed E-state index contributed by atoms with van der Waals surface area (Å²) in [7, 11) is -3.59. The van der Waals surface area contributed by atoms with Crippen molar-refractivity contribution in [2.75, 3.05) is 32.8 Å². The molecule has 154 valence electrons. The lowest BCUT2D eigenvalue weighted by Crippen LogP contribution is -2.51. The Kier molecular flexibility index (Phi) is 5.82. The lowest BCUT2D eigenvalue weighted by Gasteiger charge is -2.34. The molecule has 1 aliphatic carbocycles. The first-order valence-electron chi connectivity index (χ1n) is 9.64. The third kappa shape index (κ3) is 4.72. The van der Waals surface area contributed by atoms with Crippen molar-refractivity contribution < 1.29 is 22.7 Å². The van der Waals surface area contributed by atoms with E-state index >= 15 is 0 Å². The smallest absolute Gasteiger partial charge is 0.309 e. The second kappa shape index (κ2) is 7.83. The van der Waals surface area contributed by atoms with E-state index in [-0.39, 0.29) is 47.8 Å². The van der Waals surface area contributed by atoms with E-state index in [1.807, 2.05) is 12.1 Å². The highest BCUT2D eigenvalue weighted by Crippen LogP contribution is 2.30. The molecule has 0 unspecified atom stereocenters. The molecule has 0 N–H and O–H groups in total. The Morgan fingerprint density at radius 3 is 2.11 bits per heavy atom. The van der Waals surface area contributed by atoms with Crippen LogP contribution in [0.2, 0.25) is 0 Å². The molecule has 0 spiro atoms. The first kappa shape index (κ1) is 20.8. The predicted octanol–water partition coefficient (Wildman–Crippen LogP) is 1.77. The van der Waals surface area contributed by atoms with Crippen molar-refractivity contribution in [3.05, 3.63) is 29.8 Å². The van der Waals surface area contributed by atoms with Crippen molar-refractivity contribution >= 4 is 21.9 Å². The number of hydrogen-bond acceptors (Lipinski definition) is 5. The second-order valence-electron chi connectivity index (χ2n) is 8.44. The van der Waals surface area contributed by atoms with E-state index in [0.717, 1.165) is 18.4 Å². The first-order chi connectivity index (χ1) is 13.1. The van der Waals surface area contributed by atoms with Gasteiger partial charge in [0, 0.05) is 26.2 Å². The van der Waals surface area contributed by atoms with Gasteiger partial charge in [-0.15, -0.1) is 0 Å². The van der Waals surface area contributed by atoms with Crippen molar-refractivity contribution in [3.8, 4) is 0 Å². The number of esters is 1. The average Bonchev–Trinajstić information content (AvgIpc) is 3.50. The van der Waals surface area contributed by atoms with Gasteiger partial charge in [0.15, 0.2) is 6.61 Å². The van der Waals surface area contributed by atoms with Crippen LogP contribution in [0.25, 0.3) is 0 Å². The zero-order valence-corrected chi connectivity index (χ0v) is 17.5. The fourth-order valence-electron chi connectivity index (χ4n) is 3.11. The normalized spacial score (nSPS) is 18.8. The number of piperazine rings is 1. The highest BCUT2D eigenvalue weighted by atomic mass is 32.2. The van der Waals surface area contributed by atoms with E-state index in [2.05, 4.69) is 20.8 Å². The molecule has 2 aliphatic rings. The SMILES string of the molecule is CC(C)(C)c1ccc(S(=O)(=O)N2CCN(C(=O)COC(=O)C3CC3)CC2)cc1. The van der Waals surface area contributed by atoms with Crippen LogP contribution in [0, 0.1) is 5.92 Å². The molecule has 3 rings (SSSR count). The molecule has 1 aliphatic heterocycles. The maximum Gasteiger partial charge on any atom is 0.309 e. The maximum absolute atomic E-state index is 12.9. The molecular weight excluding hydrogens is 380 g/mol. The molecule has 0 bridgehead atoms. The van der Waals surface area contributed by atoms with Gasteiger partial charge in [-0.1, -0.05) is 32.9 Å². The molecule has 1 heterocycles. The zero-order chi connectivity index (χ0) is 20.5. The number of benzene rings is 1. The zero-order valence-electron chi connectivity index (χ0n) is 16.7. The van der Waals surface area contributed by atoms with Crippen LogP contribution in [-0.2, 0) is 29.8 Å². The molecule has 1 aromatic carbocycles. The van der Waals surface area contributed by atoms with Crippen LogP contribution in [0.15, 0.2) is 29.2 Å². The summed E-state index contributed by atoms with van der Waals surface area (Å²) in [5.41, 5.74) is 1.03. The topological polar surface area (TPSA) is 84.0 Å². The van der Waals surface area contributed by atoms with Crippen molar-refractivity contribution in [2.45, 2.75) is 43.9 Å². The van der Waals surface area contributed by atoms with Gasteiger partial charge in [0.05, 0.1) is 10.8 Å². The minimum absolute atomic E-state index is 0.0422. The van der Waals surface area contributed by atoms with Gasteiger partial charge < -0.3 is 9.64 Å². The lowest BCUT2D eigenvalue weighted by atomic mass is 9.87. The van der Waals surface area contributed by atoms with Gasteiger partial charge in [-0.05, 0) is 36.0 Å². The number of hydrogen-bond donors (Lipinski definition) is 0. The molecule has 0 radical (unpaired) electrons. The Morgan fingerprint density at radius 1 is 1.04 bits per heavy atom. The summed E-state index contributed by atoms with van der Waals surface area (Å²) < 4.78 is 32.2. The Morgan fingerprint density at radius 2 is 1.61 bits per heavy atom. The molecule has 28 heavy (non-hydrogen) atoms. The van der Waals surface area contributed by atoms with Gasteiger partial charge in [0.25, 0.3) is 5.91 Å². The van der Waals surface area contributed by atoms with Crippen LogP contribution in [-0.4, -0.2) is 62.3 Å². The second-order valence-corrected chi connectivity index (χ2v) is 10.4. The lowest BCUT2D eigenvalue weighted by molar-refractivity contribution is -0.153. The summed E-state index contributed by atoms with van der Waals surface area (Å²) in [5.74, 6) is -0.631. The van der Waals surface area contributed by atoms with Crippen LogP contribution in [0.4, 0.5) is 0 Å². The summed E-state index contributed by atoms with van der Waals surface area (Å²) in [6.45, 7) is 7.00. The highest BCUT2D eigenvalue weighted by Gasteiger charge is 2.33. The molecular formula is C20H28N2O5S.